The molecule has 2 aliphatic rings. The van der Waals surface area contributed by atoms with Crippen LogP contribution in [-0.4, -0.2) is 27.5 Å². The first-order valence-corrected chi connectivity index (χ1v) is 8.68. The number of fused-ring (bicyclic) bond motifs is 1. The summed E-state index contributed by atoms with van der Waals surface area (Å²) in [6.07, 6.45) is 10.6. The van der Waals surface area contributed by atoms with Crippen LogP contribution in [0.1, 0.15) is 57.0 Å². The summed E-state index contributed by atoms with van der Waals surface area (Å²) in [5.74, 6) is 1.28. The van der Waals surface area contributed by atoms with Gasteiger partial charge in [-0.25, -0.2) is 4.98 Å². The van der Waals surface area contributed by atoms with E-state index in [1.807, 2.05) is 6.92 Å². The number of hydrogen-bond donors (Lipinski definition) is 2. The van der Waals surface area contributed by atoms with Gasteiger partial charge in [-0.15, -0.1) is 24.8 Å². The minimum absolute atomic E-state index is 0. The smallest absolute Gasteiger partial charge is 0.224 e. The van der Waals surface area contributed by atoms with Crippen LogP contribution in [0.2, 0.25) is 0 Å². The van der Waals surface area contributed by atoms with E-state index >= 15 is 0 Å². The van der Waals surface area contributed by atoms with Crippen molar-refractivity contribution in [2.45, 2.75) is 70.4 Å². The molecule has 7 heteroatoms. The van der Waals surface area contributed by atoms with Gasteiger partial charge in [0.2, 0.25) is 5.91 Å². The Kier molecular flexibility index (Phi) is 8.03. The molecule has 1 amide bonds. The van der Waals surface area contributed by atoms with Gasteiger partial charge in [0.15, 0.2) is 0 Å². The number of halogens is 2. The molecule has 1 aliphatic carbocycles. The predicted molar refractivity (Wildman–Crippen MR) is 101 cm³/mol. The summed E-state index contributed by atoms with van der Waals surface area (Å²) in [5.41, 5.74) is 7.04. The molecule has 2 unspecified atom stereocenters. The molecule has 0 saturated heterocycles. The number of nitrogens with one attached hydrogen (secondary N) is 1. The van der Waals surface area contributed by atoms with Crippen molar-refractivity contribution in [3.8, 4) is 0 Å². The maximum Gasteiger partial charge on any atom is 0.224 e. The van der Waals surface area contributed by atoms with Crippen LogP contribution in [0.15, 0.2) is 6.20 Å². The molecule has 2 heterocycles. The molecule has 1 fully saturated rings. The number of amides is 1. The Morgan fingerprint density at radius 3 is 2.88 bits per heavy atom. The van der Waals surface area contributed by atoms with Crippen molar-refractivity contribution in [2.75, 3.05) is 6.54 Å². The molecule has 2 atom stereocenters. The highest BCUT2D eigenvalue weighted by Gasteiger charge is 2.37. The molecule has 1 saturated carbocycles. The van der Waals surface area contributed by atoms with Crippen LogP contribution in [0.25, 0.3) is 0 Å². The fraction of sp³-hybridized carbons (Fsp3) is 0.765. The zero-order chi connectivity index (χ0) is 15.6. The molecule has 5 nitrogen and oxygen atoms in total. The van der Waals surface area contributed by atoms with Gasteiger partial charge in [0.25, 0.3) is 0 Å². The molecular weight excluding hydrogens is 347 g/mol. The van der Waals surface area contributed by atoms with Gasteiger partial charge in [0.1, 0.15) is 5.82 Å². The summed E-state index contributed by atoms with van der Waals surface area (Å²) in [6, 6.07) is 0. The number of carbonyl (C=O) groups is 1. The summed E-state index contributed by atoms with van der Waals surface area (Å²) >= 11 is 0. The highest BCUT2D eigenvalue weighted by atomic mass is 35.5. The molecule has 3 N–H and O–H groups in total. The average molecular weight is 377 g/mol. The minimum atomic E-state index is -0.351. The summed E-state index contributed by atoms with van der Waals surface area (Å²) < 4.78 is 2.26. The number of aryl methyl sites for hydroxylation is 2. The van der Waals surface area contributed by atoms with Gasteiger partial charge in [0, 0.05) is 37.7 Å². The third-order valence-electron chi connectivity index (χ3n) is 5.21. The van der Waals surface area contributed by atoms with Gasteiger partial charge in [-0.05, 0) is 32.6 Å². The van der Waals surface area contributed by atoms with Crippen molar-refractivity contribution in [2.24, 2.45) is 11.7 Å². The fourth-order valence-corrected chi connectivity index (χ4v) is 3.82. The predicted octanol–water partition coefficient (Wildman–Crippen LogP) is 2.63. The first kappa shape index (κ1) is 21.3. The number of carbonyl (C=O) groups excluding carboxylic acids is 1. The summed E-state index contributed by atoms with van der Waals surface area (Å²) in [7, 11) is 0. The molecule has 3 rings (SSSR count). The minimum Gasteiger partial charge on any atom is -0.355 e. The molecule has 0 spiro atoms. The molecule has 138 valence electrons. The van der Waals surface area contributed by atoms with E-state index in [1.54, 1.807) is 0 Å². The van der Waals surface area contributed by atoms with E-state index in [-0.39, 0.29) is 42.2 Å². The van der Waals surface area contributed by atoms with Crippen LogP contribution >= 0.6 is 24.8 Å². The van der Waals surface area contributed by atoms with Crippen LogP contribution in [-0.2, 0) is 24.2 Å². The Hall–Kier alpha value is -0.780. The lowest BCUT2D eigenvalue weighted by molar-refractivity contribution is -0.128. The average Bonchev–Trinajstić information content (AvgIpc) is 2.89. The van der Waals surface area contributed by atoms with E-state index in [2.05, 4.69) is 21.1 Å². The van der Waals surface area contributed by atoms with E-state index in [1.165, 1.54) is 18.7 Å². The number of nitrogens with zero attached hydrogens (tertiary/aromatic N) is 2. The normalized spacial score (nSPS) is 25.8. The van der Waals surface area contributed by atoms with Crippen molar-refractivity contribution >= 4 is 30.7 Å². The number of nitrogens with two attached hydrogens (primary N) is 1. The van der Waals surface area contributed by atoms with Gasteiger partial charge >= 0.3 is 0 Å². The molecule has 24 heavy (non-hydrogen) atoms. The molecule has 1 aliphatic heterocycles. The number of rotatable bonds is 4. The summed E-state index contributed by atoms with van der Waals surface area (Å²) in [4.78, 5) is 17.1. The molecule has 0 radical (unpaired) electrons. The monoisotopic (exact) mass is 376 g/mol. The largest absolute Gasteiger partial charge is 0.355 e. The van der Waals surface area contributed by atoms with Crippen molar-refractivity contribution in [3.63, 3.8) is 0 Å². The zero-order valence-electron chi connectivity index (χ0n) is 14.4. The Morgan fingerprint density at radius 2 is 2.17 bits per heavy atom. The molecule has 0 aromatic carbocycles. The van der Waals surface area contributed by atoms with Gasteiger partial charge in [-0.3, -0.25) is 4.79 Å². The van der Waals surface area contributed by atoms with Crippen LogP contribution in [0.5, 0.6) is 0 Å². The third-order valence-corrected chi connectivity index (χ3v) is 5.21. The van der Waals surface area contributed by atoms with Crippen molar-refractivity contribution in [1.82, 2.24) is 14.9 Å². The van der Waals surface area contributed by atoms with E-state index in [4.69, 9.17) is 5.73 Å². The second-order valence-corrected chi connectivity index (χ2v) is 7.14. The van der Waals surface area contributed by atoms with Gasteiger partial charge < -0.3 is 15.6 Å². The quantitative estimate of drug-likeness (QED) is 0.847. The lowest BCUT2D eigenvalue weighted by Crippen LogP contribution is -2.53. The second kappa shape index (κ2) is 9.07. The second-order valence-electron chi connectivity index (χ2n) is 7.14. The van der Waals surface area contributed by atoms with Crippen molar-refractivity contribution in [3.05, 3.63) is 17.7 Å². The van der Waals surface area contributed by atoms with Crippen molar-refractivity contribution in [1.29, 1.82) is 0 Å². The van der Waals surface area contributed by atoms with Crippen LogP contribution < -0.4 is 11.1 Å². The topological polar surface area (TPSA) is 72.9 Å². The van der Waals surface area contributed by atoms with Gasteiger partial charge in [0.05, 0.1) is 11.6 Å². The van der Waals surface area contributed by atoms with E-state index in [9.17, 15) is 4.79 Å². The van der Waals surface area contributed by atoms with Crippen LogP contribution in [0.3, 0.4) is 0 Å². The third kappa shape index (κ3) is 4.87. The van der Waals surface area contributed by atoms with Crippen LogP contribution in [0, 0.1) is 5.92 Å². The maximum absolute atomic E-state index is 12.4. The van der Waals surface area contributed by atoms with Crippen molar-refractivity contribution < 1.29 is 4.79 Å². The lowest BCUT2D eigenvalue weighted by atomic mass is 9.74. The standard InChI is InChI=1S/C17H28N4O.2ClH/c1-17(18)9-4-2-6-14(17)16(22)19-10-8-13-12-21-11-5-3-7-15(21)20-13;;/h12,14H,2-11,18H2,1H3,(H,19,22);2*1H. The number of hydrogen-bond acceptors (Lipinski definition) is 3. The molecular formula is C17H30Cl2N4O. The first-order valence-electron chi connectivity index (χ1n) is 8.68. The van der Waals surface area contributed by atoms with E-state index in [0.717, 1.165) is 50.8 Å². The Bertz CT molecular complexity index is 521. The Morgan fingerprint density at radius 1 is 1.38 bits per heavy atom. The SMILES string of the molecule is CC1(N)CCCCC1C(=O)NCCc1cn2c(n1)CCCC2.Cl.Cl. The molecule has 0 bridgehead atoms. The maximum atomic E-state index is 12.4. The first-order chi connectivity index (χ1) is 10.6. The summed E-state index contributed by atoms with van der Waals surface area (Å²) in [5, 5.41) is 3.07. The number of aromatic nitrogens is 2. The number of imidazole rings is 1. The molecule has 1 aromatic heterocycles. The molecule has 1 aromatic rings. The highest BCUT2D eigenvalue weighted by molar-refractivity contribution is 5.85. The Labute approximate surface area is 157 Å². The fourth-order valence-electron chi connectivity index (χ4n) is 3.82. The summed E-state index contributed by atoms with van der Waals surface area (Å²) in [6.45, 7) is 3.75. The lowest BCUT2D eigenvalue weighted by Gasteiger charge is -2.37. The highest BCUT2D eigenvalue weighted by Crippen LogP contribution is 2.31. The zero-order valence-corrected chi connectivity index (χ0v) is 16.1. The van der Waals surface area contributed by atoms with E-state index in [0.29, 0.717) is 6.54 Å². The van der Waals surface area contributed by atoms with E-state index < -0.39 is 0 Å². The van der Waals surface area contributed by atoms with Gasteiger partial charge in [-0.2, -0.15) is 0 Å². The van der Waals surface area contributed by atoms with Gasteiger partial charge in [-0.1, -0.05) is 12.8 Å². The van der Waals surface area contributed by atoms with Crippen LogP contribution in [0.4, 0.5) is 0 Å². The Balaban J connectivity index is 0.00000144.